The first-order chi connectivity index (χ1) is 16.0. The molecule has 0 aromatic heterocycles. The number of methoxy groups -OCH3 is 1. The van der Waals surface area contributed by atoms with Crippen molar-refractivity contribution in [2.75, 3.05) is 51.3 Å². The monoisotopic (exact) mass is 530 g/mol. The molecule has 2 saturated heterocycles. The molecule has 0 radical (unpaired) electrons. The molecule has 33 heavy (non-hydrogen) atoms. The topological polar surface area (TPSA) is 62.0 Å². The normalized spacial score (nSPS) is 19.3. The number of piperazine rings is 1. The number of thiocarbonyl (C=S) groups is 1. The molecule has 0 amide bonds. The molecule has 1 unspecified atom stereocenters. The number of carbonyl (C=O) groups is 1. The van der Waals surface area contributed by atoms with Crippen LogP contribution in [0.5, 0.6) is 0 Å². The zero-order chi connectivity index (χ0) is 23.4. The Morgan fingerprint density at radius 1 is 1.00 bits per heavy atom. The molecule has 0 bridgehead atoms. The lowest BCUT2D eigenvalue weighted by atomic mass is 9.97. The molecule has 6 nitrogen and oxygen atoms in total. The fourth-order valence-corrected chi connectivity index (χ4v) is 5.34. The molecule has 1 atom stereocenters. The smallest absolute Gasteiger partial charge is 0.327 e. The third-order valence-corrected chi connectivity index (χ3v) is 7.59. The summed E-state index contributed by atoms with van der Waals surface area (Å²) in [4.78, 5) is 20.4. The van der Waals surface area contributed by atoms with Gasteiger partial charge in [0.15, 0.2) is 0 Å². The lowest BCUT2D eigenvalue weighted by Crippen LogP contribution is -2.54. The standard InChI is InChI=1S/C25H31BrN4O2S/c1-32-25(31)23(18-2-6-20(26)7-3-18)30-12-10-22(11-13-30)29-16-14-28(15-17-29)21-8-4-19(5-9-21)24(27)33/h2-9,22-23H,10-17H2,1H3,(H2,27,33). The highest BCUT2D eigenvalue weighted by atomic mass is 79.9. The molecular formula is C25H31BrN4O2S. The summed E-state index contributed by atoms with van der Waals surface area (Å²) in [6, 6.07) is 16.4. The Bertz CT molecular complexity index is 953. The van der Waals surface area contributed by atoms with E-state index < -0.39 is 0 Å². The van der Waals surface area contributed by atoms with Crippen LogP contribution in [0.1, 0.15) is 30.0 Å². The van der Waals surface area contributed by atoms with Crippen molar-refractivity contribution in [1.82, 2.24) is 9.80 Å². The van der Waals surface area contributed by atoms with E-state index in [1.165, 1.54) is 12.8 Å². The lowest BCUT2D eigenvalue weighted by molar-refractivity contribution is -0.148. The van der Waals surface area contributed by atoms with E-state index in [1.807, 2.05) is 36.4 Å². The highest BCUT2D eigenvalue weighted by molar-refractivity contribution is 9.10. The second-order valence-corrected chi connectivity index (χ2v) is 10.0. The maximum atomic E-state index is 12.6. The molecule has 2 aromatic carbocycles. The summed E-state index contributed by atoms with van der Waals surface area (Å²) in [5.41, 5.74) is 8.83. The minimum absolute atomic E-state index is 0.189. The van der Waals surface area contributed by atoms with Gasteiger partial charge in [0.25, 0.3) is 0 Å². The van der Waals surface area contributed by atoms with Gasteiger partial charge in [0.1, 0.15) is 11.0 Å². The number of nitrogens with zero attached hydrogens (tertiary/aromatic N) is 3. The third-order valence-electron chi connectivity index (χ3n) is 6.82. The Kier molecular flexibility index (Phi) is 8.01. The van der Waals surface area contributed by atoms with Crippen LogP contribution in [0.4, 0.5) is 5.69 Å². The van der Waals surface area contributed by atoms with Crippen molar-refractivity contribution in [3.63, 3.8) is 0 Å². The number of likely N-dealkylation sites (tertiary alicyclic amines) is 1. The van der Waals surface area contributed by atoms with E-state index in [2.05, 4.69) is 42.8 Å². The van der Waals surface area contributed by atoms with Crippen LogP contribution in [0.3, 0.4) is 0 Å². The molecule has 2 fully saturated rings. The van der Waals surface area contributed by atoms with Gasteiger partial charge in [0, 0.05) is 61.0 Å². The van der Waals surface area contributed by atoms with Gasteiger partial charge in [0.05, 0.1) is 7.11 Å². The van der Waals surface area contributed by atoms with E-state index in [9.17, 15) is 4.79 Å². The summed E-state index contributed by atoms with van der Waals surface area (Å²) >= 11 is 8.53. The molecule has 8 heteroatoms. The number of esters is 1. The number of hydrogen-bond acceptors (Lipinski definition) is 6. The summed E-state index contributed by atoms with van der Waals surface area (Å²) in [5.74, 6) is -0.189. The largest absolute Gasteiger partial charge is 0.468 e. The number of piperidine rings is 1. The van der Waals surface area contributed by atoms with Crippen molar-refractivity contribution < 1.29 is 9.53 Å². The van der Waals surface area contributed by atoms with Gasteiger partial charge < -0.3 is 15.4 Å². The lowest BCUT2D eigenvalue weighted by Gasteiger charge is -2.44. The predicted octanol–water partition coefficient (Wildman–Crippen LogP) is 3.58. The van der Waals surface area contributed by atoms with Gasteiger partial charge in [-0.1, -0.05) is 40.3 Å². The first kappa shape index (κ1) is 24.1. The summed E-state index contributed by atoms with van der Waals surface area (Å²) in [6.45, 7) is 5.90. The molecule has 176 valence electrons. The average molecular weight is 532 g/mol. The molecule has 2 aromatic rings. The highest BCUT2D eigenvalue weighted by Crippen LogP contribution is 2.29. The van der Waals surface area contributed by atoms with Crippen molar-refractivity contribution in [3.8, 4) is 0 Å². The molecule has 0 saturated carbocycles. The Morgan fingerprint density at radius 3 is 2.15 bits per heavy atom. The minimum Gasteiger partial charge on any atom is -0.468 e. The van der Waals surface area contributed by atoms with Crippen LogP contribution in [0, 0.1) is 0 Å². The van der Waals surface area contributed by atoms with Crippen LogP contribution < -0.4 is 10.6 Å². The maximum absolute atomic E-state index is 12.6. The number of ether oxygens (including phenoxy) is 1. The molecule has 0 spiro atoms. The third kappa shape index (κ3) is 5.74. The van der Waals surface area contributed by atoms with Crippen molar-refractivity contribution in [2.24, 2.45) is 5.73 Å². The van der Waals surface area contributed by atoms with Gasteiger partial charge in [-0.3, -0.25) is 9.80 Å². The maximum Gasteiger partial charge on any atom is 0.327 e. The Balaban J connectivity index is 1.32. The van der Waals surface area contributed by atoms with Crippen LogP contribution in [-0.2, 0) is 9.53 Å². The number of hydrogen-bond donors (Lipinski definition) is 1. The number of carbonyl (C=O) groups excluding carboxylic acids is 1. The zero-order valence-electron chi connectivity index (χ0n) is 19.0. The summed E-state index contributed by atoms with van der Waals surface area (Å²) in [6.07, 6.45) is 2.12. The van der Waals surface area contributed by atoms with Gasteiger partial charge >= 0.3 is 5.97 Å². The van der Waals surface area contributed by atoms with Gasteiger partial charge in [-0.15, -0.1) is 0 Å². The van der Waals surface area contributed by atoms with Crippen LogP contribution in [-0.4, -0.2) is 73.2 Å². The van der Waals surface area contributed by atoms with Gasteiger partial charge in [-0.25, -0.2) is 4.79 Å². The van der Waals surface area contributed by atoms with Crippen molar-refractivity contribution in [2.45, 2.75) is 24.9 Å². The second kappa shape index (κ2) is 11.0. The number of rotatable bonds is 6. The fraction of sp³-hybridized carbons (Fsp3) is 0.440. The number of anilines is 1. The van der Waals surface area contributed by atoms with E-state index in [-0.39, 0.29) is 12.0 Å². The van der Waals surface area contributed by atoms with Gasteiger partial charge in [-0.2, -0.15) is 0 Å². The van der Waals surface area contributed by atoms with Crippen LogP contribution in [0.2, 0.25) is 0 Å². The molecule has 2 N–H and O–H groups in total. The zero-order valence-corrected chi connectivity index (χ0v) is 21.4. The minimum atomic E-state index is -0.342. The second-order valence-electron chi connectivity index (χ2n) is 8.68. The van der Waals surface area contributed by atoms with E-state index in [0.29, 0.717) is 11.0 Å². The van der Waals surface area contributed by atoms with Crippen molar-refractivity contribution in [3.05, 3.63) is 64.1 Å². The number of benzene rings is 2. The van der Waals surface area contributed by atoms with E-state index in [4.69, 9.17) is 22.7 Å². The van der Waals surface area contributed by atoms with Crippen molar-refractivity contribution >= 4 is 44.8 Å². The molecule has 2 aliphatic heterocycles. The van der Waals surface area contributed by atoms with Gasteiger partial charge in [-0.05, 0) is 54.8 Å². The van der Waals surface area contributed by atoms with Crippen molar-refractivity contribution in [1.29, 1.82) is 0 Å². The van der Waals surface area contributed by atoms with Crippen LogP contribution >= 0.6 is 28.1 Å². The van der Waals surface area contributed by atoms with E-state index >= 15 is 0 Å². The number of halogens is 1. The quantitative estimate of drug-likeness (QED) is 0.452. The Hall–Kier alpha value is -2.00. The Morgan fingerprint density at radius 2 is 1.61 bits per heavy atom. The first-order valence-electron chi connectivity index (χ1n) is 11.4. The highest BCUT2D eigenvalue weighted by Gasteiger charge is 2.34. The average Bonchev–Trinajstić information content (AvgIpc) is 2.86. The summed E-state index contributed by atoms with van der Waals surface area (Å²) < 4.78 is 6.15. The fourth-order valence-electron chi connectivity index (χ4n) is 4.94. The van der Waals surface area contributed by atoms with Crippen LogP contribution in [0.25, 0.3) is 0 Å². The molecule has 4 rings (SSSR count). The van der Waals surface area contributed by atoms with E-state index in [1.54, 1.807) is 0 Å². The Labute approximate surface area is 209 Å². The molecule has 0 aliphatic carbocycles. The summed E-state index contributed by atoms with van der Waals surface area (Å²) in [7, 11) is 1.47. The number of nitrogens with two attached hydrogens (primary N) is 1. The van der Waals surface area contributed by atoms with Crippen LogP contribution in [0.15, 0.2) is 53.0 Å². The first-order valence-corrected chi connectivity index (χ1v) is 12.6. The van der Waals surface area contributed by atoms with E-state index in [0.717, 1.165) is 67.7 Å². The predicted molar refractivity (Wildman–Crippen MR) is 140 cm³/mol. The molecule has 2 aliphatic rings. The van der Waals surface area contributed by atoms with Gasteiger partial charge in [0.2, 0.25) is 0 Å². The molecule has 2 heterocycles. The molecular weight excluding hydrogens is 500 g/mol. The SMILES string of the molecule is COC(=O)C(c1ccc(Br)cc1)N1CCC(N2CCN(c3ccc(C(N)=S)cc3)CC2)CC1. The summed E-state index contributed by atoms with van der Waals surface area (Å²) in [5, 5.41) is 0.